The molecule has 3 rings (SSSR count). The van der Waals surface area contributed by atoms with Crippen molar-refractivity contribution in [1.29, 1.82) is 0 Å². The third-order valence-corrected chi connectivity index (χ3v) is 8.33. The second-order valence-electron chi connectivity index (χ2n) is 9.68. The highest BCUT2D eigenvalue weighted by Crippen LogP contribution is 2.21. The first-order valence-electron chi connectivity index (χ1n) is 14.1. The summed E-state index contributed by atoms with van der Waals surface area (Å²) in [6.45, 7) is 4.23. The Kier molecular flexibility index (Phi) is 15.5. The predicted octanol–water partition coefficient (Wildman–Crippen LogP) is 12.8. The van der Waals surface area contributed by atoms with E-state index >= 15 is 0 Å². The lowest BCUT2D eigenvalue weighted by atomic mass is 10.0. The van der Waals surface area contributed by atoms with Crippen molar-refractivity contribution in [2.24, 2.45) is 0 Å². The molecule has 0 amide bonds. The number of hydrogen-bond acceptors (Lipinski definition) is 2. The molecule has 0 fully saturated rings. The quantitative estimate of drug-likeness (QED) is 0.132. The monoisotopic (exact) mass is 662 g/mol. The van der Waals surface area contributed by atoms with Gasteiger partial charge in [-0.2, -0.15) is 0 Å². The Bertz CT molecular complexity index is 1550. The standard InChI is InChI=1S/C40H39BrS2/c1-32(13-10-15-34-19-28-39(42-3)29-20-34)12-8-6-5-7-9-17-36(37-24-26-38(41)27-25-37)23-18-33(2)14-11-16-35-21-30-40(43-4)31-22-35/h5-31H,1-4H3/b6-5+,9-7+,12-8+,15-10+,16-11+,23-18+,32-13+,33-14+,36-17-. The highest BCUT2D eigenvalue weighted by molar-refractivity contribution is 9.10. The molecule has 3 aromatic carbocycles. The normalized spacial score (nSPS) is 13.7. The van der Waals surface area contributed by atoms with E-state index in [0.29, 0.717) is 0 Å². The van der Waals surface area contributed by atoms with Crippen LogP contribution in [-0.4, -0.2) is 12.5 Å². The molecule has 43 heavy (non-hydrogen) atoms. The highest BCUT2D eigenvalue weighted by Gasteiger charge is 1.97. The fraction of sp³-hybridized carbons (Fsp3) is 0.100. The van der Waals surface area contributed by atoms with Gasteiger partial charge in [-0.15, -0.1) is 23.5 Å². The lowest BCUT2D eigenvalue weighted by molar-refractivity contribution is 1.45. The van der Waals surface area contributed by atoms with Crippen LogP contribution < -0.4 is 0 Å². The molecule has 0 N–H and O–H groups in total. The van der Waals surface area contributed by atoms with Crippen LogP contribution in [0.25, 0.3) is 17.7 Å². The van der Waals surface area contributed by atoms with Gasteiger partial charge < -0.3 is 0 Å². The first-order valence-corrected chi connectivity index (χ1v) is 17.3. The third kappa shape index (κ3) is 13.6. The van der Waals surface area contributed by atoms with Gasteiger partial charge in [-0.3, -0.25) is 0 Å². The van der Waals surface area contributed by atoms with Gasteiger partial charge in [-0.05, 0) is 85.0 Å². The molecule has 0 heterocycles. The molecule has 0 aliphatic carbocycles. The van der Waals surface area contributed by atoms with Crippen LogP contribution >= 0.6 is 39.5 Å². The van der Waals surface area contributed by atoms with E-state index in [1.165, 1.54) is 37.6 Å². The SMILES string of the molecule is CSc1ccc(/C=C/C=C(C)/C=C/C=C/C=C/C=C(/C=C/C(C)=C/C=C/c2ccc(SC)cc2)c2ccc(Br)cc2)cc1. The maximum atomic E-state index is 3.55. The highest BCUT2D eigenvalue weighted by atomic mass is 79.9. The van der Waals surface area contributed by atoms with E-state index in [-0.39, 0.29) is 0 Å². The van der Waals surface area contributed by atoms with Crippen molar-refractivity contribution in [1.82, 2.24) is 0 Å². The third-order valence-electron chi connectivity index (χ3n) is 6.31. The average Bonchev–Trinajstić information content (AvgIpc) is 3.03. The van der Waals surface area contributed by atoms with Crippen molar-refractivity contribution >= 4 is 57.2 Å². The van der Waals surface area contributed by atoms with Crippen molar-refractivity contribution in [2.75, 3.05) is 12.5 Å². The number of allylic oxidation sites excluding steroid dienone is 16. The van der Waals surface area contributed by atoms with Gasteiger partial charge in [0.2, 0.25) is 0 Å². The van der Waals surface area contributed by atoms with Crippen molar-refractivity contribution < 1.29 is 0 Å². The molecule has 0 radical (unpaired) electrons. The molecule has 0 aromatic heterocycles. The maximum absolute atomic E-state index is 3.55. The van der Waals surface area contributed by atoms with Gasteiger partial charge in [-0.25, -0.2) is 0 Å². The zero-order valence-electron chi connectivity index (χ0n) is 25.3. The topological polar surface area (TPSA) is 0 Å². The van der Waals surface area contributed by atoms with E-state index in [2.05, 4.69) is 200 Å². The Labute approximate surface area is 275 Å². The average molecular weight is 664 g/mol. The van der Waals surface area contributed by atoms with Crippen LogP contribution in [0, 0.1) is 0 Å². The van der Waals surface area contributed by atoms with Gasteiger partial charge >= 0.3 is 0 Å². The molecule has 0 aliphatic heterocycles. The number of halogens is 1. The second kappa shape index (κ2) is 19.6. The molecule has 0 unspecified atom stereocenters. The number of thioether (sulfide) groups is 2. The van der Waals surface area contributed by atoms with Gasteiger partial charge in [0.15, 0.2) is 0 Å². The summed E-state index contributed by atoms with van der Waals surface area (Å²) in [5.74, 6) is 0. The molecule has 0 spiro atoms. The minimum absolute atomic E-state index is 1.07. The van der Waals surface area contributed by atoms with Gasteiger partial charge in [0.05, 0.1) is 0 Å². The van der Waals surface area contributed by atoms with Crippen molar-refractivity contribution in [3.63, 3.8) is 0 Å². The summed E-state index contributed by atoms with van der Waals surface area (Å²) in [5, 5.41) is 0. The van der Waals surface area contributed by atoms with Gasteiger partial charge in [0, 0.05) is 14.3 Å². The van der Waals surface area contributed by atoms with Crippen LogP contribution in [0.1, 0.15) is 30.5 Å². The van der Waals surface area contributed by atoms with Crippen LogP contribution in [0.15, 0.2) is 177 Å². The second-order valence-corrected chi connectivity index (χ2v) is 12.4. The summed E-state index contributed by atoms with van der Waals surface area (Å²) in [6, 6.07) is 25.6. The molecule has 0 nitrogen and oxygen atoms in total. The first-order chi connectivity index (χ1) is 21.0. The van der Waals surface area contributed by atoms with Crippen LogP contribution in [0.3, 0.4) is 0 Å². The van der Waals surface area contributed by atoms with E-state index in [1.54, 1.807) is 23.5 Å². The van der Waals surface area contributed by atoms with E-state index in [9.17, 15) is 0 Å². The Morgan fingerprint density at radius 2 is 1.00 bits per heavy atom. The number of rotatable bonds is 13. The lowest BCUT2D eigenvalue weighted by Crippen LogP contribution is -1.81. The van der Waals surface area contributed by atoms with Crippen LogP contribution in [-0.2, 0) is 0 Å². The van der Waals surface area contributed by atoms with Crippen molar-refractivity contribution in [2.45, 2.75) is 23.6 Å². The Morgan fingerprint density at radius 1 is 0.512 bits per heavy atom. The Hall–Kier alpha value is -3.50. The summed E-state index contributed by atoms with van der Waals surface area (Å²) in [6.07, 6.45) is 35.8. The first kappa shape index (κ1) is 34.0. The zero-order chi connectivity index (χ0) is 30.7. The smallest absolute Gasteiger partial charge is 0.0175 e. The lowest BCUT2D eigenvalue weighted by Gasteiger charge is -2.02. The van der Waals surface area contributed by atoms with E-state index in [4.69, 9.17) is 0 Å². The summed E-state index contributed by atoms with van der Waals surface area (Å²) in [5.41, 5.74) is 7.09. The van der Waals surface area contributed by atoms with E-state index < -0.39 is 0 Å². The predicted molar refractivity (Wildman–Crippen MR) is 201 cm³/mol. The largest absolute Gasteiger partial charge is 0.130 e. The molecule has 0 bridgehead atoms. The van der Waals surface area contributed by atoms with E-state index in [0.717, 1.165) is 10.0 Å². The molecular weight excluding hydrogens is 624 g/mol. The fourth-order valence-electron chi connectivity index (χ4n) is 3.83. The maximum Gasteiger partial charge on any atom is 0.0175 e. The van der Waals surface area contributed by atoms with Crippen molar-refractivity contribution in [3.05, 3.63) is 184 Å². The summed E-state index contributed by atoms with van der Waals surface area (Å²) in [4.78, 5) is 2.56. The summed E-state index contributed by atoms with van der Waals surface area (Å²) >= 11 is 7.06. The number of hydrogen-bond donors (Lipinski definition) is 0. The minimum atomic E-state index is 1.07. The molecule has 0 saturated heterocycles. The Morgan fingerprint density at radius 3 is 1.53 bits per heavy atom. The molecule has 0 aliphatic rings. The number of benzene rings is 3. The zero-order valence-corrected chi connectivity index (χ0v) is 28.5. The van der Waals surface area contributed by atoms with Crippen molar-refractivity contribution in [3.8, 4) is 0 Å². The van der Waals surface area contributed by atoms with Gasteiger partial charge in [-0.1, -0.05) is 155 Å². The summed E-state index contributed by atoms with van der Waals surface area (Å²) < 4.78 is 1.07. The van der Waals surface area contributed by atoms with Gasteiger partial charge in [0.1, 0.15) is 0 Å². The minimum Gasteiger partial charge on any atom is -0.130 e. The molecule has 3 heteroatoms. The van der Waals surface area contributed by atoms with Gasteiger partial charge in [0.25, 0.3) is 0 Å². The molecule has 0 saturated carbocycles. The molecule has 3 aromatic rings. The fourth-order valence-corrected chi connectivity index (χ4v) is 4.91. The molecule has 218 valence electrons. The molecule has 0 atom stereocenters. The molecular formula is C40H39BrS2. The van der Waals surface area contributed by atoms with E-state index in [1.807, 2.05) is 6.08 Å². The Balaban J connectivity index is 1.60. The van der Waals surface area contributed by atoms with Crippen LogP contribution in [0.5, 0.6) is 0 Å². The summed E-state index contributed by atoms with van der Waals surface area (Å²) in [7, 11) is 0. The van der Waals surface area contributed by atoms with Crippen LogP contribution in [0.4, 0.5) is 0 Å². The van der Waals surface area contributed by atoms with Crippen LogP contribution in [0.2, 0.25) is 0 Å².